The Labute approximate surface area is 860 Å². The number of rotatable bonds is 22. The van der Waals surface area contributed by atoms with Crippen LogP contribution in [-0.4, -0.2) is 263 Å². The summed E-state index contributed by atoms with van der Waals surface area (Å²) in [7, 11) is 0. The Morgan fingerprint density at radius 1 is 0.149 bits per heavy atom. The lowest BCUT2D eigenvalue weighted by atomic mass is 9.87. The van der Waals surface area contributed by atoms with Crippen LogP contribution in [0.5, 0.6) is 0 Å². The van der Waals surface area contributed by atoms with Crippen LogP contribution >= 0.6 is 0 Å². The highest BCUT2D eigenvalue weighted by molar-refractivity contribution is 5.91. The molecule has 802 valence electrons. The molecular formula is C119H205N11O11. The Bertz CT molecular complexity index is 3490. The first-order valence-corrected chi connectivity index (χ1v) is 54.7. The van der Waals surface area contributed by atoms with E-state index in [0.29, 0.717) is 118 Å². The van der Waals surface area contributed by atoms with Gasteiger partial charge in [0.05, 0.1) is 0 Å². The zero-order valence-electron chi connectivity index (χ0n) is 93.4. The number of piperidine rings is 4. The van der Waals surface area contributed by atoms with Crippen LogP contribution in [0.25, 0.3) is 0 Å². The van der Waals surface area contributed by atoms with Gasteiger partial charge < -0.3 is 53.9 Å². The van der Waals surface area contributed by atoms with Crippen molar-refractivity contribution < 1.29 is 52.7 Å². The molecule has 9 atom stereocenters. The standard InChI is InChI=1S/3C12H21NO.4C11H19NO.3C10H17NO.C9H15NO/c3*1-4-12(14)13-8-6-5-7-11(9-13)10(2)3;1-4-11(13)12-7-5-10(6-8-12)9(2)3;3*1-4-11(13)12-7-5-6-10(8-12)9(2)3;3*1-4-10(12)11-6-5-9(7-11)8(2)3;1-4-9(11)10-5-8(6-10)7(2)3/h3*4,10-11H,1,5-9H2,2-3H3;4*4,9-10H,1,5-8H2,2-3H3;3*4,8-9H,1,5-7H2,2-3H3;4,7-8H,1,5-6H2,2-3H3/t2*11-;;;2*10-;;2*9-;;/m10..10.10../s1. The first kappa shape index (κ1) is 130. The molecule has 22 nitrogen and oxygen atoms in total. The highest BCUT2D eigenvalue weighted by atomic mass is 16.2. The smallest absolute Gasteiger partial charge is 0.245 e. The van der Waals surface area contributed by atoms with E-state index in [-0.39, 0.29) is 65.0 Å². The van der Waals surface area contributed by atoms with Crippen LogP contribution < -0.4 is 0 Å². The minimum Gasteiger partial charge on any atom is -0.339 e. The summed E-state index contributed by atoms with van der Waals surface area (Å²) in [5.74, 6) is 16.1. The second-order valence-electron chi connectivity index (χ2n) is 44.8. The summed E-state index contributed by atoms with van der Waals surface area (Å²) in [6.45, 7) is 108. The average Bonchev–Trinajstić information content (AvgIpc) is 1.78. The average molecular weight is 1970 g/mol. The Balaban J connectivity index is 0.000000776. The number of carbonyl (C=O) groups excluding carboxylic acids is 11. The summed E-state index contributed by atoms with van der Waals surface area (Å²) in [4.78, 5) is 145. The highest BCUT2D eigenvalue weighted by Crippen LogP contribution is 2.33. The fourth-order valence-electron chi connectivity index (χ4n) is 19.9. The molecule has 11 aliphatic rings. The zero-order valence-corrected chi connectivity index (χ0v) is 93.4. The van der Waals surface area contributed by atoms with Crippen LogP contribution in [0.3, 0.4) is 0 Å². The van der Waals surface area contributed by atoms with Crippen LogP contribution in [0.15, 0.2) is 139 Å². The van der Waals surface area contributed by atoms with Gasteiger partial charge in [0.25, 0.3) is 0 Å². The predicted molar refractivity (Wildman–Crippen MR) is 588 cm³/mol. The van der Waals surface area contributed by atoms with E-state index < -0.39 is 0 Å². The Morgan fingerprint density at radius 3 is 0.433 bits per heavy atom. The molecule has 0 aromatic heterocycles. The molecule has 0 radical (unpaired) electrons. The number of hydrogen-bond acceptors (Lipinski definition) is 11. The predicted octanol–water partition coefficient (Wildman–Crippen LogP) is 22.0. The molecule has 11 saturated heterocycles. The molecule has 141 heavy (non-hydrogen) atoms. The van der Waals surface area contributed by atoms with E-state index in [1.165, 1.54) is 125 Å². The first-order valence-electron chi connectivity index (χ1n) is 54.7. The minimum absolute atomic E-state index is 0.0712. The van der Waals surface area contributed by atoms with Crippen molar-refractivity contribution in [2.24, 2.45) is 130 Å². The van der Waals surface area contributed by atoms with Crippen molar-refractivity contribution in [3.8, 4) is 0 Å². The second kappa shape index (κ2) is 71.7. The summed E-state index contributed by atoms with van der Waals surface area (Å²) in [5, 5.41) is 0. The van der Waals surface area contributed by atoms with E-state index in [4.69, 9.17) is 0 Å². The van der Waals surface area contributed by atoms with Gasteiger partial charge in [-0.15, -0.1) is 0 Å². The maximum absolute atomic E-state index is 11.5. The van der Waals surface area contributed by atoms with Crippen LogP contribution in [0.4, 0.5) is 0 Å². The van der Waals surface area contributed by atoms with Gasteiger partial charge in [-0.1, -0.05) is 244 Å². The molecule has 0 aromatic carbocycles. The maximum Gasteiger partial charge on any atom is 0.245 e. The third-order valence-corrected chi connectivity index (χ3v) is 31.3. The number of nitrogens with zero attached hydrogens (tertiary/aromatic N) is 11. The summed E-state index contributed by atoms with van der Waals surface area (Å²) in [6, 6.07) is 0. The molecule has 3 unspecified atom stereocenters. The monoisotopic (exact) mass is 1960 g/mol. The maximum atomic E-state index is 11.5. The van der Waals surface area contributed by atoms with Gasteiger partial charge in [0.15, 0.2) is 0 Å². The van der Waals surface area contributed by atoms with Crippen LogP contribution in [0, 0.1) is 130 Å². The van der Waals surface area contributed by atoms with Crippen molar-refractivity contribution in [2.75, 3.05) is 144 Å². The first-order chi connectivity index (χ1) is 66.6. The van der Waals surface area contributed by atoms with Gasteiger partial charge in [0.1, 0.15) is 0 Å². The third kappa shape index (κ3) is 50.1. The van der Waals surface area contributed by atoms with Crippen molar-refractivity contribution in [2.45, 2.75) is 281 Å². The molecule has 0 bridgehead atoms. The third-order valence-electron chi connectivity index (χ3n) is 31.3. The van der Waals surface area contributed by atoms with Crippen LogP contribution in [-0.2, 0) is 52.7 Å². The van der Waals surface area contributed by atoms with E-state index in [2.05, 4.69) is 225 Å². The molecular weight excluding hydrogens is 1760 g/mol. The molecule has 11 heterocycles. The lowest BCUT2D eigenvalue weighted by Crippen LogP contribution is -2.51. The van der Waals surface area contributed by atoms with Crippen molar-refractivity contribution >= 4 is 65.0 Å². The van der Waals surface area contributed by atoms with Gasteiger partial charge in [-0.2, -0.15) is 0 Å². The summed E-state index contributed by atoms with van der Waals surface area (Å²) < 4.78 is 0. The van der Waals surface area contributed by atoms with Crippen molar-refractivity contribution in [1.29, 1.82) is 0 Å². The number of hydrogen-bond donors (Lipinski definition) is 0. The van der Waals surface area contributed by atoms with E-state index in [1.807, 2.05) is 53.9 Å². The topological polar surface area (TPSA) is 223 Å². The van der Waals surface area contributed by atoms with Crippen LogP contribution in [0.1, 0.15) is 281 Å². The number of likely N-dealkylation sites (tertiary alicyclic amines) is 11. The molecule has 11 fully saturated rings. The molecule has 0 N–H and O–H groups in total. The normalized spacial score (nSPS) is 22.5. The summed E-state index contributed by atoms with van der Waals surface area (Å²) in [6.07, 6.45) is 39.5. The lowest BCUT2D eigenvalue weighted by Gasteiger charge is -2.41. The van der Waals surface area contributed by atoms with Crippen LogP contribution in [0.2, 0.25) is 0 Å². The molecule has 11 rings (SSSR count). The van der Waals surface area contributed by atoms with Gasteiger partial charge in [-0.05, 0) is 306 Å². The molecule has 22 heteroatoms. The Morgan fingerprint density at radius 2 is 0.270 bits per heavy atom. The molecule has 11 amide bonds. The highest BCUT2D eigenvalue weighted by Gasteiger charge is 2.35. The number of amides is 11. The number of carbonyl (C=O) groups is 11. The van der Waals surface area contributed by atoms with Crippen molar-refractivity contribution in [3.63, 3.8) is 0 Å². The fourth-order valence-corrected chi connectivity index (χ4v) is 19.9. The van der Waals surface area contributed by atoms with Gasteiger partial charge >= 0.3 is 0 Å². The molecule has 0 aliphatic carbocycles. The van der Waals surface area contributed by atoms with Gasteiger partial charge in [-0.3, -0.25) is 52.7 Å². The molecule has 0 saturated carbocycles. The Hall–Kier alpha value is -8.69. The molecule has 0 spiro atoms. The van der Waals surface area contributed by atoms with E-state index in [0.717, 1.165) is 226 Å². The zero-order chi connectivity index (χ0) is 107. The van der Waals surface area contributed by atoms with E-state index in [9.17, 15) is 52.7 Å². The summed E-state index contributed by atoms with van der Waals surface area (Å²) >= 11 is 0. The van der Waals surface area contributed by atoms with Gasteiger partial charge in [0, 0.05) is 144 Å². The summed E-state index contributed by atoms with van der Waals surface area (Å²) in [5.41, 5.74) is 0. The Kier molecular flexibility index (Phi) is 66.3. The second-order valence-corrected chi connectivity index (χ2v) is 44.8. The molecule has 0 aromatic rings. The fraction of sp³-hybridized carbons (Fsp3) is 0.723. The van der Waals surface area contributed by atoms with Crippen molar-refractivity contribution in [1.82, 2.24) is 53.9 Å². The van der Waals surface area contributed by atoms with Gasteiger partial charge in [-0.25, -0.2) is 0 Å². The van der Waals surface area contributed by atoms with E-state index >= 15 is 0 Å². The quantitative estimate of drug-likeness (QED) is 0.0927. The lowest BCUT2D eigenvalue weighted by molar-refractivity contribution is -0.133. The molecule has 11 aliphatic heterocycles. The minimum atomic E-state index is 0.0712. The van der Waals surface area contributed by atoms with E-state index in [1.54, 1.807) is 0 Å². The SMILES string of the molecule is C=CC(=O)N1CC(C(C)C)C1.C=CC(=O)N1CCC(C(C)C)C1.C=CC(=O)N1CCC(C(C)C)CC1.C=CC(=O)N1CCCC(C(C)C)C1.C=CC(=O)N1CCCCC(C(C)C)C1.C=CC(=O)N1CCCC[C@@H](C(C)C)C1.C=CC(=O)N1CCCC[C@H](C(C)C)C1.C=CC(=O)N1CCC[C@@H](C(C)C)C1.C=CC(=O)N1CCC[C@H](C(C)C)C1.C=CC(=O)N1CC[C@@H](C(C)C)C1.C=CC(=O)N1CC[C@H](C(C)C)C1. The van der Waals surface area contributed by atoms with Gasteiger partial charge in [0.2, 0.25) is 65.0 Å². The largest absolute Gasteiger partial charge is 0.339 e. The van der Waals surface area contributed by atoms with Crippen molar-refractivity contribution in [3.05, 3.63) is 139 Å².